The predicted octanol–water partition coefficient (Wildman–Crippen LogP) is 4.58. The molecular formula is C13H8ClFN2OS. The molecule has 0 aliphatic heterocycles. The Bertz CT molecular complexity index is 759. The van der Waals surface area contributed by atoms with Gasteiger partial charge in [-0.3, -0.25) is 0 Å². The van der Waals surface area contributed by atoms with Gasteiger partial charge in [0.05, 0.1) is 5.39 Å². The van der Waals surface area contributed by atoms with Crippen LogP contribution in [-0.4, -0.2) is 9.97 Å². The first-order valence-electron chi connectivity index (χ1n) is 5.48. The molecule has 0 saturated carbocycles. The molecule has 2 heterocycles. The van der Waals surface area contributed by atoms with Crippen LogP contribution >= 0.6 is 22.9 Å². The lowest BCUT2D eigenvalue weighted by atomic mass is 10.2. The Labute approximate surface area is 117 Å². The van der Waals surface area contributed by atoms with Gasteiger partial charge in [0.2, 0.25) is 11.2 Å². The second-order valence-electron chi connectivity index (χ2n) is 3.95. The molecule has 3 aromatic rings. The zero-order valence-electron chi connectivity index (χ0n) is 9.85. The molecule has 0 unspecified atom stereocenters. The number of thiophene rings is 1. The Balaban J connectivity index is 2.04. The van der Waals surface area contributed by atoms with E-state index in [1.165, 1.54) is 17.4 Å². The van der Waals surface area contributed by atoms with Gasteiger partial charge in [-0.25, -0.2) is 9.37 Å². The minimum atomic E-state index is -0.270. The molecule has 0 spiro atoms. The van der Waals surface area contributed by atoms with E-state index in [9.17, 15) is 4.39 Å². The van der Waals surface area contributed by atoms with Gasteiger partial charge in [-0.05, 0) is 53.7 Å². The first-order chi connectivity index (χ1) is 9.13. The number of ether oxygens (including phenoxy) is 1. The molecule has 0 amide bonds. The number of rotatable bonds is 2. The van der Waals surface area contributed by atoms with Crippen LogP contribution in [0.1, 0.15) is 5.56 Å². The molecule has 2 aromatic heterocycles. The topological polar surface area (TPSA) is 35.0 Å². The number of aromatic nitrogens is 2. The molecule has 3 nitrogen and oxygen atoms in total. The second-order valence-corrected chi connectivity index (χ2v) is 5.18. The van der Waals surface area contributed by atoms with Gasteiger partial charge in [0.1, 0.15) is 16.4 Å². The standard InChI is InChI=1S/C13H8ClFN2OS/c1-7-6-8(2-3-10(7)15)18-11-9-4-5-19-12(9)17-13(14)16-11/h2-6H,1H3. The zero-order chi connectivity index (χ0) is 13.4. The van der Waals surface area contributed by atoms with Crippen molar-refractivity contribution >= 4 is 33.2 Å². The molecule has 0 aliphatic rings. The number of aryl methyl sites for hydroxylation is 1. The summed E-state index contributed by atoms with van der Waals surface area (Å²) < 4.78 is 18.9. The van der Waals surface area contributed by atoms with E-state index in [1.54, 1.807) is 19.1 Å². The summed E-state index contributed by atoms with van der Waals surface area (Å²) in [5.41, 5.74) is 0.513. The van der Waals surface area contributed by atoms with Gasteiger partial charge in [-0.2, -0.15) is 4.98 Å². The van der Waals surface area contributed by atoms with Crippen molar-refractivity contribution in [1.29, 1.82) is 0 Å². The fourth-order valence-corrected chi connectivity index (χ4v) is 2.64. The van der Waals surface area contributed by atoms with Gasteiger partial charge in [-0.1, -0.05) is 0 Å². The number of hydrogen-bond donors (Lipinski definition) is 0. The lowest BCUT2D eigenvalue weighted by Gasteiger charge is -2.07. The number of fused-ring (bicyclic) bond motifs is 1. The number of nitrogens with zero attached hydrogens (tertiary/aromatic N) is 2. The maximum Gasteiger partial charge on any atom is 0.232 e. The van der Waals surface area contributed by atoms with Crippen molar-refractivity contribution in [2.75, 3.05) is 0 Å². The minimum absolute atomic E-state index is 0.129. The van der Waals surface area contributed by atoms with Crippen LogP contribution in [0.4, 0.5) is 4.39 Å². The lowest BCUT2D eigenvalue weighted by molar-refractivity contribution is 0.466. The van der Waals surface area contributed by atoms with Crippen molar-refractivity contribution in [2.45, 2.75) is 6.92 Å². The Morgan fingerprint density at radius 2 is 2.11 bits per heavy atom. The highest BCUT2D eigenvalue weighted by Crippen LogP contribution is 2.31. The molecule has 0 fully saturated rings. The molecule has 0 atom stereocenters. The zero-order valence-corrected chi connectivity index (χ0v) is 11.4. The Kier molecular flexibility index (Phi) is 3.08. The molecule has 3 rings (SSSR count). The molecule has 0 saturated heterocycles. The molecule has 0 bridgehead atoms. The summed E-state index contributed by atoms with van der Waals surface area (Å²) in [5, 5.41) is 2.80. The fraction of sp³-hybridized carbons (Fsp3) is 0.0769. The molecule has 0 N–H and O–H groups in total. The monoisotopic (exact) mass is 294 g/mol. The van der Waals surface area contributed by atoms with E-state index in [-0.39, 0.29) is 11.1 Å². The third kappa shape index (κ3) is 2.39. The third-order valence-corrected chi connectivity index (χ3v) is 3.58. The van der Waals surface area contributed by atoms with Crippen molar-refractivity contribution < 1.29 is 9.13 Å². The number of hydrogen-bond acceptors (Lipinski definition) is 4. The summed E-state index contributed by atoms with van der Waals surface area (Å²) in [6.45, 7) is 1.68. The van der Waals surface area contributed by atoms with Crippen LogP contribution in [0.2, 0.25) is 5.28 Å². The van der Waals surface area contributed by atoms with Crippen molar-refractivity contribution in [3.8, 4) is 11.6 Å². The molecule has 0 aliphatic carbocycles. The SMILES string of the molecule is Cc1cc(Oc2nc(Cl)nc3sccc23)ccc1F. The summed E-state index contributed by atoms with van der Waals surface area (Å²) in [4.78, 5) is 8.93. The third-order valence-electron chi connectivity index (χ3n) is 2.61. The molecule has 6 heteroatoms. The quantitative estimate of drug-likeness (QED) is 0.649. The highest BCUT2D eigenvalue weighted by Gasteiger charge is 2.10. The average molecular weight is 295 g/mol. The molecule has 1 aromatic carbocycles. The van der Waals surface area contributed by atoms with Crippen LogP contribution in [0.5, 0.6) is 11.6 Å². The summed E-state index contributed by atoms with van der Waals surface area (Å²) in [6.07, 6.45) is 0. The molecule has 0 radical (unpaired) electrons. The summed E-state index contributed by atoms with van der Waals surface area (Å²) in [6, 6.07) is 6.39. The van der Waals surface area contributed by atoms with Crippen molar-refractivity contribution in [1.82, 2.24) is 9.97 Å². The van der Waals surface area contributed by atoms with Crippen LogP contribution in [0, 0.1) is 12.7 Å². The number of benzene rings is 1. The van der Waals surface area contributed by atoms with Crippen molar-refractivity contribution in [3.63, 3.8) is 0 Å². The summed E-state index contributed by atoms with van der Waals surface area (Å²) >= 11 is 7.30. The van der Waals surface area contributed by atoms with Gasteiger partial charge >= 0.3 is 0 Å². The van der Waals surface area contributed by atoms with Crippen molar-refractivity contribution in [3.05, 3.63) is 46.3 Å². The largest absolute Gasteiger partial charge is 0.438 e. The lowest BCUT2D eigenvalue weighted by Crippen LogP contribution is -1.92. The van der Waals surface area contributed by atoms with Gasteiger partial charge in [-0.15, -0.1) is 11.3 Å². The van der Waals surface area contributed by atoms with E-state index < -0.39 is 0 Å². The highest BCUT2D eigenvalue weighted by atomic mass is 35.5. The van der Waals surface area contributed by atoms with Gasteiger partial charge in [0.15, 0.2) is 0 Å². The number of halogens is 2. The molecule has 19 heavy (non-hydrogen) atoms. The summed E-state index contributed by atoms with van der Waals surface area (Å²) in [5.74, 6) is 0.622. The van der Waals surface area contributed by atoms with Gasteiger partial charge in [0, 0.05) is 0 Å². The fourth-order valence-electron chi connectivity index (χ4n) is 1.67. The molecular weight excluding hydrogens is 287 g/mol. The summed E-state index contributed by atoms with van der Waals surface area (Å²) in [7, 11) is 0. The van der Waals surface area contributed by atoms with Crippen LogP contribution in [0.3, 0.4) is 0 Å². The molecule has 96 valence electrons. The van der Waals surface area contributed by atoms with Crippen molar-refractivity contribution in [2.24, 2.45) is 0 Å². The van der Waals surface area contributed by atoms with Gasteiger partial charge in [0.25, 0.3) is 0 Å². The Hall–Kier alpha value is -1.72. The van der Waals surface area contributed by atoms with Crippen LogP contribution < -0.4 is 4.74 Å². The van der Waals surface area contributed by atoms with Crippen LogP contribution in [-0.2, 0) is 0 Å². The van der Waals surface area contributed by atoms with Gasteiger partial charge < -0.3 is 4.74 Å². The van der Waals surface area contributed by atoms with E-state index in [0.717, 1.165) is 10.2 Å². The van der Waals surface area contributed by atoms with E-state index in [2.05, 4.69) is 9.97 Å². The first kappa shape index (κ1) is 12.3. The second kappa shape index (κ2) is 4.75. The van der Waals surface area contributed by atoms with E-state index in [1.807, 2.05) is 11.4 Å². The maximum absolute atomic E-state index is 13.2. The maximum atomic E-state index is 13.2. The Morgan fingerprint density at radius 3 is 2.89 bits per heavy atom. The first-order valence-corrected chi connectivity index (χ1v) is 6.74. The normalized spacial score (nSPS) is 10.9. The average Bonchev–Trinajstić information content (AvgIpc) is 2.82. The highest BCUT2D eigenvalue weighted by molar-refractivity contribution is 7.16. The van der Waals surface area contributed by atoms with E-state index in [4.69, 9.17) is 16.3 Å². The van der Waals surface area contributed by atoms with Crippen LogP contribution in [0.25, 0.3) is 10.2 Å². The predicted molar refractivity (Wildman–Crippen MR) is 73.6 cm³/mol. The minimum Gasteiger partial charge on any atom is -0.438 e. The van der Waals surface area contributed by atoms with E-state index >= 15 is 0 Å². The Morgan fingerprint density at radius 1 is 1.26 bits per heavy atom. The smallest absolute Gasteiger partial charge is 0.232 e. The van der Waals surface area contributed by atoms with E-state index in [0.29, 0.717) is 17.2 Å². The van der Waals surface area contributed by atoms with Crippen LogP contribution in [0.15, 0.2) is 29.6 Å².